The van der Waals surface area contributed by atoms with Gasteiger partial charge in [0.1, 0.15) is 0 Å². The summed E-state index contributed by atoms with van der Waals surface area (Å²) >= 11 is 0. The second kappa shape index (κ2) is 5.49. The van der Waals surface area contributed by atoms with Crippen LogP contribution in [0.4, 0.5) is 5.69 Å². The van der Waals surface area contributed by atoms with Crippen LogP contribution in [0.5, 0.6) is 0 Å². The van der Waals surface area contributed by atoms with Gasteiger partial charge in [0.25, 0.3) is 0 Å². The van der Waals surface area contributed by atoms with E-state index in [4.69, 9.17) is 0 Å². The Morgan fingerprint density at radius 2 is 2.05 bits per heavy atom. The van der Waals surface area contributed by atoms with E-state index in [1.165, 1.54) is 11.1 Å². The molecule has 0 saturated heterocycles. The first kappa shape index (κ1) is 13.5. The zero-order valence-corrected chi connectivity index (χ0v) is 12.3. The van der Waals surface area contributed by atoms with E-state index < -0.39 is 0 Å². The van der Waals surface area contributed by atoms with E-state index in [9.17, 15) is 4.79 Å². The minimum Gasteiger partial charge on any atom is -0.295 e. The van der Waals surface area contributed by atoms with Crippen molar-refractivity contribution in [2.45, 2.75) is 20.3 Å². The van der Waals surface area contributed by atoms with Crippen LogP contribution < -0.4 is 0 Å². The summed E-state index contributed by atoms with van der Waals surface area (Å²) in [4.78, 5) is 15.8. The summed E-state index contributed by atoms with van der Waals surface area (Å²) in [7, 11) is 0. The Labute approximate surface area is 124 Å². The van der Waals surface area contributed by atoms with E-state index in [2.05, 4.69) is 42.3 Å². The fourth-order valence-electron chi connectivity index (χ4n) is 2.51. The molecule has 0 spiro atoms. The topological polar surface area (TPSA) is 29.4 Å². The first-order valence-electron chi connectivity index (χ1n) is 7.17. The molecule has 0 amide bonds. The van der Waals surface area contributed by atoms with Gasteiger partial charge in [0.2, 0.25) is 0 Å². The van der Waals surface area contributed by atoms with E-state index in [0.29, 0.717) is 5.56 Å². The van der Waals surface area contributed by atoms with Crippen LogP contribution in [0.3, 0.4) is 0 Å². The van der Waals surface area contributed by atoms with Crippen molar-refractivity contribution in [3.63, 3.8) is 0 Å². The van der Waals surface area contributed by atoms with Crippen LogP contribution in [0.2, 0.25) is 0 Å². The van der Waals surface area contributed by atoms with Gasteiger partial charge in [0.05, 0.1) is 5.69 Å². The second-order valence-electron chi connectivity index (χ2n) is 5.24. The average molecular weight is 275 g/mol. The van der Waals surface area contributed by atoms with Gasteiger partial charge < -0.3 is 0 Å². The minimum atomic E-state index is 0.0704. The molecule has 104 valence electrons. The second-order valence-corrected chi connectivity index (χ2v) is 5.24. The Kier molecular flexibility index (Phi) is 3.53. The number of benzene rings is 2. The lowest BCUT2D eigenvalue weighted by Crippen LogP contribution is -1.91. The van der Waals surface area contributed by atoms with E-state index in [-0.39, 0.29) is 5.78 Å². The molecular weight excluding hydrogens is 258 g/mol. The molecule has 21 heavy (non-hydrogen) atoms. The van der Waals surface area contributed by atoms with Gasteiger partial charge in [-0.3, -0.25) is 9.79 Å². The molecule has 2 heteroatoms. The lowest BCUT2D eigenvalue weighted by molar-refractivity contribution is 0.101. The zero-order chi connectivity index (χ0) is 14.8. The predicted octanol–water partition coefficient (Wildman–Crippen LogP) is 4.71. The van der Waals surface area contributed by atoms with E-state index in [0.717, 1.165) is 23.2 Å². The van der Waals surface area contributed by atoms with Crippen molar-refractivity contribution in [2.75, 3.05) is 0 Å². The molecule has 0 N–H and O–H groups in total. The summed E-state index contributed by atoms with van der Waals surface area (Å²) in [5.41, 5.74) is 6.27. The summed E-state index contributed by atoms with van der Waals surface area (Å²) in [6.07, 6.45) is 5.04. The van der Waals surface area contributed by atoms with Gasteiger partial charge in [0.15, 0.2) is 5.78 Å². The largest absolute Gasteiger partial charge is 0.295 e. The van der Waals surface area contributed by atoms with Gasteiger partial charge in [0, 0.05) is 22.9 Å². The fourth-order valence-corrected chi connectivity index (χ4v) is 2.51. The number of aliphatic imine (C=N–C) groups is 1. The number of carbonyl (C=O) groups excluding carboxylic acids is 1. The van der Waals surface area contributed by atoms with Gasteiger partial charge in [-0.25, -0.2) is 0 Å². The molecule has 1 heterocycles. The lowest BCUT2D eigenvalue weighted by atomic mass is 10.0. The third kappa shape index (κ3) is 2.70. The summed E-state index contributed by atoms with van der Waals surface area (Å²) in [5, 5.41) is 0. The highest BCUT2D eigenvalue weighted by Crippen LogP contribution is 2.33. The number of hydrogen-bond donors (Lipinski definition) is 0. The van der Waals surface area contributed by atoms with Gasteiger partial charge in [-0.2, -0.15) is 0 Å². The number of rotatable bonds is 3. The summed E-state index contributed by atoms with van der Waals surface area (Å²) in [6, 6.07) is 14.2. The molecule has 0 unspecified atom stereocenters. The Balaban J connectivity index is 1.99. The van der Waals surface area contributed by atoms with Crippen molar-refractivity contribution in [3.8, 4) is 0 Å². The molecule has 1 aliphatic heterocycles. The van der Waals surface area contributed by atoms with Crippen LogP contribution >= 0.6 is 0 Å². The highest BCUT2D eigenvalue weighted by molar-refractivity contribution is 6.21. The maximum atomic E-state index is 11.4. The summed E-state index contributed by atoms with van der Waals surface area (Å²) < 4.78 is 0. The molecule has 2 aromatic rings. The van der Waals surface area contributed by atoms with Crippen molar-refractivity contribution in [3.05, 3.63) is 64.7 Å². The van der Waals surface area contributed by atoms with Gasteiger partial charge in [-0.1, -0.05) is 43.3 Å². The molecule has 0 atom stereocenters. The van der Waals surface area contributed by atoms with Crippen LogP contribution in [-0.4, -0.2) is 12.0 Å². The Bertz CT molecular complexity index is 769. The monoisotopic (exact) mass is 275 g/mol. The molecule has 0 aromatic heterocycles. The summed E-state index contributed by atoms with van der Waals surface area (Å²) in [5.74, 6) is 0.0704. The van der Waals surface area contributed by atoms with Crippen LogP contribution in [0.25, 0.3) is 11.6 Å². The number of carbonyl (C=O) groups is 1. The molecular formula is C19H17NO. The van der Waals surface area contributed by atoms with E-state index in [1.807, 2.05) is 24.4 Å². The van der Waals surface area contributed by atoms with Crippen molar-refractivity contribution in [1.82, 2.24) is 0 Å². The Morgan fingerprint density at radius 3 is 2.81 bits per heavy atom. The molecule has 2 aromatic carbocycles. The minimum absolute atomic E-state index is 0.0704. The van der Waals surface area contributed by atoms with E-state index in [1.54, 1.807) is 6.92 Å². The van der Waals surface area contributed by atoms with Gasteiger partial charge in [-0.05, 0) is 36.6 Å². The quantitative estimate of drug-likeness (QED) is 0.746. The maximum Gasteiger partial charge on any atom is 0.159 e. The SMILES string of the molecule is CCc1cccc(/C=C2/C=Nc3cc(C(C)=O)ccc32)c1. The number of fused-ring (bicyclic) bond motifs is 1. The zero-order valence-electron chi connectivity index (χ0n) is 12.3. The standard InChI is InChI=1S/C19H17NO/c1-3-14-5-4-6-15(9-14)10-17-12-20-19-11-16(13(2)21)7-8-18(17)19/h4-12H,3H2,1-2H3/b17-10-. The third-order valence-electron chi connectivity index (χ3n) is 3.74. The smallest absolute Gasteiger partial charge is 0.159 e. The van der Waals surface area contributed by atoms with E-state index >= 15 is 0 Å². The highest BCUT2D eigenvalue weighted by Gasteiger charge is 2.13. The molecule has 0 bridgehead atoms. The van der Waals surface area contributed by atoms with Gasteiger partial charge in [-0.15, -0.1) is 0 Å². The Hall–Kier alpha value is -2.48. The number of aryl methyl sites for hydroxylation is 1. The number of hydrogen-bond acceptors (Lipinski definition) is 2. The fraction of sp³-hybridized carbons (Fsp3) is 0.158. The van der Waals surface area contributed by atoms with Crippen molar-refractivity contribution in [2.24, 2.45) is 4.99 Å². The normalized spacial score (nSPS) is 14.5. The predicted molar refractivity (Wildman–Crippen MR) is 88.3 cm³/mol. The molecule has 0 radical (unpaired) electrons. The molecule has 0 fully saturated rings. The molecule has 0 saturated carbocycles. The maximum absolute atomic E-state index is 11.4. The number of allylic oxidation sites excluding steroid dienone is 1. The van der Waals surface area contributed by atoms with Crippen molar-refractivity contribution < 1.29 is 4.79 Å². The number of ketones is 1. The van der Waals surface area contributed by atoms with Crippen LogP contribution in [0.1, 0.15) is 40.9 Å². The van der Waals surface area contributed by atoms with Crippen molar-refractivity contribution in [1.29, 1.82) is 0 Å². The number of nitrogens with zero attached hydrogens (tertiary/aromatic N) is 1. The molecule has 3 rings (SSSR count). The first-order valence-corrected chi connectivity index (χ1v) is 7.17. The average Bonchev–Trinajstić information content (AvgIpc) is 2.90. The highest BCUT2D eigenvalue weighted by atomic mass is 16.1. The number of Topliss-reactive ketones (excluding diaryl/α,β-unsaturated/α-hetero) is 1. The molecule has 0 aliphatic carbocycles. The van der Waals surface area contributed by atoms with Gasteiger partial charge >= 0.3 is 0 Å². The lowest BCUT2D eigenvalue weighted by Gasteiger charge is -2.03. The Morgan fingerprint density at radius 1 is 1.19 bits per heavy atom. The van der Waals surface area contributed by atoms with Crippen LogP contribution in [0, 0.1) is 0 Å². The molecule has 2 nitrogen and oxygen atoms in total. The summed E-state index contributed by atoms with van der Waals surface area (Å²) in [6.45, 7) is 3.73. The molecule has 1 aliphatic rings. The third-order valence-corrected chi connectivity index (χ3v) is 3.74. The van der Waals surface area contributed by atoms with Crippen LogP contribution in [-0.2, 0) is 6.42 Å². The van der Waals surface area contributed by atoms with Crippen molar-refractivity contribution >= 4 is 29.3 Å². The first-order chi connectivity index (χ1) is 10.2. The van der Waals surface area contributed by atoms with Crippen LogP contribution in [0.15, 0.2) is 47.5 Å².